The summed E-state index contributed by atoms with van der Waals surface area (Å²) in [6, 6.07) is 13.3. The maximum absolute atomic E-state index is 13.6. The largest absolute Gasteiger partial charge is 0.454 e. The molecular weight excluding hydrogens is 416 g/mol. The summed E-state index contributed by atoms with van der Waals surface area (Å²) >= 11 is 0. The molecule has 0 saturated heterocycles. The minimum absolute atomic E-state index is 0.0737. The van der Waals surface area contributed by atoms with E-state index in [-0.39, 0.29) is 23.9 Å². The van der Waals surface area contributed by atoms with Crippen LogP contribution in [0, 0.1) is 12.3 Å². The molecule has 0 saturated carbocycles. The predicted octanol–water partition coefficient (Wildman–Crippen LogP) is 4.97. The number of fused-ring (bicyclic) bond motifs is 1. The summed E-state index contributed by atoms with van der Waals surface area (Å²) in [7, 11) is 0. The first kappa shape index (κ1) is 21.3. The van der Waals surface area contributed by atoms with Crippen LogP contribution in [0.15, 0.2) is 65.0 Å². The van der Waals surface area contributed by atoms with Gasteiger partial charge in [0.2, 0.25) is 6.79 Å². The zero-order valence-corrected chi connectivity index (χ0v) is 19.4. The topological polar surface area (TPSA) is 76.7 Å². The Morgan fingerprint density at radius 3 is 2.52 bits per heavy atom. The number of allylic oxidation sites excluding steroid dienone is 3. The van der Waals surface area contributed by atoms with Crippen molar-refractivity contribution in [3.05, 3.63) is 76.1 Å². The van der Waals surface area contributed by atoms with Crippen LogP contribution in [0.3, 0.4) is 0 Å². The van der Waals surface area contributed by atoms with E-state index in [2.05, 4.69) is 24.5 Å². The summed E-state index contributed by atoms with van der Waals surface area (Å²) in [6.07, 6.45) is 1.19. The first-order chi connectivity index (χ1) is 15.7. The number of hydrogen-bond donors (Lipinski definition) is 2. The van der Waals surface area contributed by atoms with Gasteiger partial charge in [0, 0.05) is 40.6 Å². The van der Waals surface area contributed by atoms with E-state index in [1.165, 1.54) is 0 Å². The Morgan fingerprint density at radius 2 is 1.76 bits per heavy atom. The van der Waals surface area contributed by atoms with Crippen LogP contribution in [0.2, 0.25) is 0 Å². The molecule has 3 aliphatic rings. The fourth-order valence-electron chi connectivity index (χ4n) is 5.00. The number of nitrogens with one attached hydrogen (secondary N) is 2. The normalized spacial score (nSPS) is 21.0. The summed E-state index contributed by atoms with van der Waals surface area (Å²) < 4.78 is 11.1. The van der Waals surface area contributed by atoms with Crippen molar-refractivity contribution in [3.8, 4) is 11.5 Å². The molecular formula is C27H28N2O4. The number of dihydropyridines is 1. The SMILES string of the molecule is CC1=C(C(=O)Nc2ccc(C)cc2)C(c2ccc3c(c2)OCO3)C2=C(CC(C)(C)CC2=O)N1. The molecule has 0 spiro atoms. The van der Waals surface area contributed by atoms with Crippen molar-refractivity contribution >= 4 is 17.4 Å². The molecule has 2 heterocycles. The lowest BCUT2D eigenvalue weighted by Crippen LogP contribution is -2.39. The van der Waals surface area contributed by atoms with Crippen molar-refractivity contribution < 1.29 is 19.1 Å². The van der Waals surface area contributed by atoms with Crippen LogP contribution in [0.25, 0.3) is 0 Å². The standard InChI is InChI=1S/C27H28N2O4/c1-15-5-8-18(9-6-15)29-26(31)23-16(2)28-19-12-27(3,4)13-20(30)25(19)24(23)17-7-10-21-22(11-17)33-14-32-21/h5-11,24,28H,12-14H2,1-4H3,(H,29,31). The molecule has 1 aliphatic carbocycles. The molecule has 6 nitrogen and oxygen atoms in total. The molecule has 33 heavy (non-hydrogen) atoms. The van der Waals surface area contributed by atoms with Gasteiger partial charge < -0.3 is 20.1 Å². The summed E-state index contributed by atoms with van der Waals surface area (Å²) in [5.41, 5.74) is 5.42. The number of aryl methyl sites for hydroxylation is 1. The Bertz CT molecular complexity index is 1220. The minimum Gasteiger partial charge on any atom is -0.454 e. The number of carbonyl (C=O) groups excluding carboxylic acids is 2. The Balaban J connectivity index is 1.60. The van der Waals surface area contributed by atoms with E-state index in [4.69, 9.17) is 9.47 Å². The summed E-state index contributed by atoms with van der Waals surface area (Å²) in [5, 5.41) is 6.43. The Morgan fingerprint density at radius 1 is 1.03 bits per heavy atom. The molecule has 2 aromatic rings. The lowest BCUT2D eigenvalue weighted by Gasteiger charge is -2.39. The fourth-order valence-corrected chi connectivity index (χ4v) is 5.00. The van der Waals surface area contributed by atoms with Crippen LogP contribution in [-0.4, -0.2) is 18.5 Å². The third-order valence-electron chi connectivity index (χ3n) is 6.52. The minimum atomic E-state index is -0.482. The first-order valence-corrected chi connectivity index (χ1v) is 11.2. The Kier molecular flexibility index (Phi) is 5.04. The van der Waals surface area contributed by atoms with E-state index in [1.807, 2.05) is 56.3 Å². The van der Waals surface area contributed by atoms with Crippen LogP contribution in [-0.2, 0) is 9.59 Å². The summed E-state index contributed by atoms with van der Waals surface area (Å²) in [5.74, 6) is 0.669. The van der Waals surface area contributed by atoms with Crippen LogP contribution in [0.1, 0.15) is 50.7 Å². The molecule has 6 heteroatoms. The number of rotatable bonds is 3. The van der Waals surface area contributed by atoms with Gasteiger partial charge in [0.15, 0.2) is 17.3 Å². The fraction of sp³-hybridized carbons (Fsp3) is 0.333. The molecule has 2 aromatic carbocycles. The van der Waals surface area contributed by atoms with Crippen molar-refractivity contribution in [1.29, 1.82) is 0 Å². The highest BCUT2D eigenvalue weighted by Crippen LogP contribution is 2.48. The van der Waals surface area contributed by atoms with Gasteiger partial charge in [-0.2, -0.15) is 0 Å². The van der Waals surface area contributed by atoms with Gasteiger partial charge in [0.1, 0.15) is 0 Å². The predicted molar refractivity (Wildman–Crippen MR) is 126 cm³/mol. The summed E-state index contributed by atoms with van der Waals surface area (Å²) in [6.45, 7) is 8.28. The molecule has 1 atom stereocenters. The van der Waals surface area contributed by atoms with E-state index in [0.717, 1.165) is 28.9 Å². The third-order valence-corrected chi connectivity index (χ3v) is 6.52. The molecule has 2 N–H and O–H groups in total. The van der Waals surface area contributed by atoms with Gasteiger partial charge in [-0.3, -0.25) is 9.59 Å². The van der Waals surface area contributed by atoms with Crippen molar-refractivity contribution in [2.45, 2.75) is 46.5 Å². The monoisotopic (exact) mass is 444 g/mol. The number of hydrogen-bond acceptors (Lipinski definition) is 5. The van der Waals surface area contributed by atoms with E-state index >= 15 is 0 Å². The number of Topliss-reactive ketones (excluding diaryl/α,β-unsaturated/α-hetero) is 1. The number of anilines is 1. The van der Waals surface area contributed by atoms with Crippen molar-refractivity contribution in [2.24, 2.45) is 5.41 Å². The lowest BCUT2D eigenvalue weighted by atomic mass is 9.68. The molecule has 0 aromatic heterocycles. The van der Waals surface area contributed by atoms with Gasteiger partial charge in [-0.1, -0.05) is 37.6 Å². The number of ether oxygens (including phenoxy) is 2. The highest BCUT2D eigenvalue weighted by Gasteiger charge is 2.43. The van der Waals surface area contributed by atoms with Crippen LogP contribution in [0.4, 0.5) is 5.69 Å². The van der Waals surface area contributed by atoms with E-state index < -0.39 is 5.92 Å². The highest BCUT2D eigenvalue weighted by molar-refractivity contribution is 6.10. The summed E-state index contributed by atoms with van der Waals surface area (Å²) in [4.78, 5) is 27.0. The lowest BCUT2D eigenvalue weighted by molar-refractivity contribution is -0.118. The molecule has 1 amide bonds. The maximum atomic E-state index is 13.6. The third kappa shape index (κ3) is 3.90. The van der Waals surface area contributed by atoms with Gasteiger partial charge in [-0.05, 0) is 55.5 Å². The molecule has 5 rings (SSSR count). The molecule has 0 bridgehead atoms. The Labute approximate surface area is 193 Å². The van der Waals surface area contributed by atoms with Crippen LogP contribution in [0.5, 0.6) is 11.5 Å². The zero-order chi connectivity index (χ0) is 23.3. The van der Waals surface area contributed by atoms with Gasteiger partial charge in [-0.15, -0.1) is 0 Å². The van der Waals surface area contributed by atoms with E-state index in [1.54, 1.807) is 0 Å². The van der Waals surface area contributed by atoms with Crippen molar-refractivity contribution in [1.82, 2.24) is 5.32 Å². The van der Waals surface area contributed by atoms with Gasteiger partial charge >= 0.3 is 0 Å². The van der Waals surface area contributed by atoms with Crippen molar-refractivity contribution in [2.75, 3.05) is 12.1 Å². The van der Waals surface area contributed by atoms with Gasteiger partial charge in [0.05, 0.1) is 0 Å². The van der Waals surface area contributed by atoms with Gasteiger partial charge in [-0.25, -0.2) is 0 Å². The molecule has 0 radical (unpaired) electrons. The van der Waals surface area contributed by atoms with Gasteiger partial charge in [0.25, 0.3) is 5.91 Å². The average molecular weight is 445 g/mol. The quantitative estimate of drug-likeness (QED) is 0.699. The van der Waals surface area contributed by atoms with Crippen molar-refractivity contribution in [3.63, 3.8) is 0 Å². The second-order valence-corrected chi connectivity index (χ2v) is 9.86. The number of carbonyl (C=O) groups is 2. The molecule has 1 unspecified atom stereocenters. The molecule has 170 valence electrons. The average Bonchev–Trinajstić information content (AvgIpc) is 3.21. The second kappa shape index (κ2) is 7.80. The number of benzene rings is 2. The van der Waals surface area contributed by atoms with E-state index in [9.17, 15) is 9.59 Å². The highest BCUT2D eigenvalue weighted by atomic mass is 16.7. The molecule has 2 aliphatic heterocycles. The smallest absolute Gasteiger partial charge is 0.254 e. The maximum Gasteiger partial charge on any atom is 0.254 e. The second-order valence-electron chi connectivity index (χ2n) is 9.86. The first-order valence-electron chi connectivity index (χ1n) is 11.2. The zero-order valence-electron chi connectivity index (χ0n) is 19.4. The number of amides is 1. The Hall–Kier alpha value is -3.54. The van der Waals surface area contributed by atoms with Crippen LogP contribution < -0.4 is 20.1 Å². The number of ketones is 1. The molecule has 0 fully saturated rings. The van der Waals surface area contributed by atoms with Crippen LogP contribution >= 0.6 is 0 Å². The van der Waals surface area contributed by atoms with E-state index in [0.29, 0.717) is 34.8 Å².